The van der Waals surface area contributed by atoms with Crippen LogP contribution in [0, 0.1) is 23.7 Å². The lowest BCUT2D eigenvalue weighted by atomic mass is 9.65. The summed E-state index contributed by atoms with van der Waals surface area (Å²) >= 11 is 4.65. The molecule has 96 valence electrons. The minimum atomic E-state index is -0.525. The molecule has 1 rings (SSSR count). The van der Waals surface area contributed by atoms with Gasteiger partial charge in [0, 0.05) is 5.25 Å². The van der Waals surface area contributed by atoms with Gasteiger partial charge in [0.05, 0.1) is 5.60 Å². The number of hydrogen-bond acceptors (Lipinski definition) is 2. The molecule has 1 N–H and O–H groups in total. The summed E-state index contributed by atoms with van der Waals surface area (Å²) in [6, 6.07) is 0. The lowest BCUT2D eigenvalue weighted by Crippen LogP contribution is -2.41. The Morgan fingerprint density at radius 1 is 1.12 bits per heavy atom. The van der Waals surface area contributed by atoms with Crippen molar-refractivity contribution in [1.29, 1.82) is 0 Å². The zero-order valence-electron chi connectivity index (χ0n) is 11.4. The van der Waals surface area contributed by atoms with E-state index in [4.69, 9.17) is 0 Å². The van der Waals surface area contributed by atoms with Gasteiger partial charge < -0.3 is 5.11 Å². The normalized spacial score (nSPS) is 34.1. The molecule has 4 unspecified atom stereocenters. The molecule has 1 fully saturated rings. The van der Waals surface area contributed by atoms with Crippen LogP contribution in [0.5, 0.6) is 0 Å². The minimum Gasteiger partial charge on any atom is -0.390 e. The summed E-state index contributed by atoms with van der Waals surface area (Å²) in [5.41, 5.74) is -0.525. The zero-order valence-corrected chi connectivity index (χ0v) is 12.3. The van der Waals surface area contributed by atoms with Crippen molar-refractivity contribution in [1.82, 2.24) is 0 Å². The molecule has 0 bridgehead atoms. The predicted molar refractivity (Wildman–Crippen MR) is 73.9 cm³/mol. The fourth-order valence-electron chi connectivity index (χ4n) is 3.25. The van der Waals surface area contributed by atoms with Crippen LogP contribution in [0.25, 0.3) is 0 Å². The Bertz CT molecular complexity index is 217. The highest BCUT2D eigenvalue weighted by molar-refractivity contribution is 7.80. The van der Waals surface area contributed by atoms with Crippen LogP contribution >= 0.6 is 12.6 Å². The van der Waals surface area contributed by atoms with Gasteiger partial charge >= 0.3 is 0 Å². The van der Waals surface area contributed by atoms with E-state index in [0.29, 0.717) is 17.1 Å². The number of thiol groups is 1. The van der Waals surface area contributed by atoms with Gasteiger partial charge in [-0.2, -0.15) is 12.6 Å². The van der Waals surface area contributed by atoms with E-state index < -0.39 is 5.60 Å². The van der Waals surface area contributed by atoms with Crippen molar-refractivity contribution < 1.29 is 5.11 Å². The van der Waals surface area contributed by atoms with E-state index in [1.807, 2.05) is 13.8 Å². The van der Waals surface area contributed by atoms with Crippen LogP contribution < -0.4 is 0 Å². The summed E-state index contributed by atoms with van der Waals surface area (Å²) in [4.78, 5) is 0. The summed E-state index contributed by atoms with van der Waals surface area (Å²) in [6.45, 7) is 10.7. The zero-order chi connectivity index (χ0) is 12.5. The topological polar surface area (TPSA) is 20.2 Å². The Balaban J connectivity index is 2.73. The van der Waals surface area contributed by atoms with E-state index >= 15 is 0 Å². The Morgan fingerprint density at radius 2 is 1.69 bits per heavy atom. The van der Waals surface area contributed by atoms with Crippen LogP contribution in [0.1, 0.15) is 53.9 Å². The third-order valence-electron chi connectivity index (χ3n) is 4.43. The van der Waals surface area contributed by atoms with Crippen molar-refractivity contribution >= 4 is 12.6 Å². The highest BCUT2D eigenvalue weighted by Crippen LogP contribution is 2.44. The minimum absolute atomic E-state index is 0.442. The monoisotopic (exact) mass is 244 g/mol. The maximum Gasteiger partial charge on any atom is 0.0619 e. The van der Waals surface area contributed by atoms with Crippen LogP contribution in [0.3, 0.4) is 0 Å². The number of rotatable bonds is 3. The Kier molecular flexibility index (Phi) is 4.76. The fourth-order valence-corrected chi connectivity index (χ4v) is 3.60. The van der Waals surface area contributed by atoms with E-state index in [1.165, 1.54) is 12.8 Å². The summed E-state index contributed by atoms with van der Waals surface area (Å²) in [6.07, 6.45) is 3.56. The van der Waals surface area contributed by atoms with Crippen molar-refractivity contribution in [3.8, 4) is 0 Å². The van der Waals surface area contributed by atoms with Crippen molar-refractivity contribution in [3.63, 3.8) is 0 Å². The molecule has 0 spiro atoms. The average molecular weight is 244 g/mol. The number of aliphatic hydroxyl groups is 1. The first-order valence-electron chi connectivity index (χ1n) is 6.64. The molecular weight excluding hydrogens is 216 g/mol. The average Bonchev–Trinajstić information content (AvgIpc) is 2.15. The molecule has 0 amide bonds. The molecule has 1 nitrogen and oxygen atoms in total. The standard InChI is InChI=1S/C14H28OS/c1-9(2)12-7-6-11(14(4,5)15)8-13(12)10(3)16/h9-13,15-16H,6-8H2,1-5H3. The third-order valence-corrected chi connectivity index (χ3v) is 4.81. The molecule has 1 saturated carbocycles. The van der Waals surface area contributed by atoms with Crippen LogP contribution in [-0.4, -0.2) is 16.0 Å². The van der Waals surface area contributed by atoms with Crippen molar-refractivity contribution in [3.05, 3.63) is 0 Å². The predicted octanol–water partition coefficient (Wildman–Crippen LogP) is 3.76. The van der Waals surface area contributed by atoms with Crippen LogP contribution in [0.4, 0.5) is 0 Å². The molecule has 0 aromatic carbocycles. The quantitative estimate of drug-likeness (QED) is 0.724. The van der Waals surface area contributed by atoms with Gasteiger partial charge in [-0.1, -0.05) is 20.8 Å². The Hall–Kier alpha value is 0.310. The van der Waals surface area contributed by atoms with E-state index in [-0.39, 0.29) is 0 Å². The van der Waals surface area contributed by atoms with Crippen molar-refractivity contribution in [2.75, 3.05) is 0 Å². The summed E-state index contributed by atoms with van der Waals surface area (Å²) in [7, 11) is 0. The van der Waals surface area contributed by atoms with Crippen LogP contribution in [0.15, 0.2) is 0 Å². The lowest BCUT2D eigenvalue weighted by molar-refractivity contribution is -0.0258. The van der Waals surface area contributed by atoms with Gasteiger partial charge in [0.1, 0.15) is 0 Å². The molecular formula is C14H28OS. The maximum absolute atomic E-state index is 10.1. The highest BCUT2D eigenvalue weighted by Gasteiger charge is 2.39. The van der Waals surface area contributed by atoms with Gasteiger partial charge in [-0.3, -0.25) is 0 Å². The molecule has 0 radical (unpaired) electrons. The van der Waals surface area contributed by atoms with E-state index in [2.05, 4.69) is 33.4 Å². The lowest BCUT2D eigenvalue weighted by Gasteiger charge is -2.44. The van der Waals surface area contributed by atoms with E-state index in [0.717, 1.165) is 18.3 Å². The fraction of sp³-hybridized carbons (Fsp3) is 1.00. The largest absolute Gasteiger partial charge is 0.390 e. The second-order valence-corrected chi connectivity index (χ2v) is 7.29. The smallest absolute Gasteiger partial charge is 0.0619 e. The molecule has 2 heteroatoms. The number of hydrogen-bond donors (Lipinski definition) is 2. The SMILES string of the molecule is CC(C)C1CCC(C(C)(C)O)CC1C(C)S. The maximum atomic E-state index is 10.1. The van der Waals surface area contributed by atoms with Gasteiger partial charge in [0.25, 0.3) is 0 Å². The molecule has 16 heavy (non-hydrogen) atoms. The molecule has 1 aliphatic rings. The Morgan fingerprint density at radius 3 is 2.06 bits per heavy atom. The van der Waals surface area contributed by atoms with Crippen LogP contribution in [-0.2, 0) is 0 Å². The van der Waals surface area contributed by atoms with E-state index in [9.17, 15) is 5.11 Å². The first-order chi connectivity index (χ1) is 7.23. The molecule has 0 heterocycles. The molecule has 0 saturated heterocycles. The van der Waals surface area contributed by atoms with Gasteiger partial charge in [0.15, 0.2) is 0 Å². The molecule has 1 aliphatic carbocycles. The molecule has 0 aliphatic heterocycles. The highest BCUT2D eigenvalue weighted by atomic mass is 32.1. The third kappa shape index (κ3) is 3.40. The molecule has 0 aromatic heterocycles. The summed E-state index contributed by atoms with van der Waals surface area (Å²) < 4.78 is 0. The van der Waals surface area contributed by atoms with Gasteiger partial charge in [-0.15, -0.1) is 0 Å². The van der Waals surface area contributed by atoms with Crippen molar-refractivity contribution in [2.45, 2.75) is 64.7 Å². The summed E-state index contributed by atoms with van der Waals surface area (Å²) in [5, 5.41) is 10.6. The second-order valence-electron chi connectivity index (χ2n) is 6.48. The summed E-state index contributed by atoms with van der Waals surface area (Å²) in [5.74, 6) is 2.63. The van der Waals surface area contributed by atoms with Gasteiger partial charge in [-0.05, 0) is 56.8 Å². The van der Waals surface area contributed by atoms with Crippen LogP contribution in [0.2, 0.25) is 0 Å². The van der Waals surface area contributed by atoms with E-state index in [1.54, 1.807) is 0 Å². The van der Waals surface area contributed by atoms with Gasteiger partial charge in [-0.25, -0.2) is 0 Å². The van der Waals surface area contributed by atoms with Crippen molar-refractivity contribution in [2.24, 2.45) is 23.7 Å². The Labute approximate surface area is 106 Å². The first kappa shape index (κ1) is 14.4. The molecule has 0 aromatic rings. The van der Waals surface area contributed by atoms with Gasteiger partial charge in [0.2, 0.25) is 0 Å². The second kappa shape index (κ2) is 5.30. The molecule has 4 atom stereocenters. The first-order valence-corrected chi connectivity index (χ1v) is 7.15.